The molecule has 9 nitrogen and oxygen atoms in total. The van der Waals surface area contributed by atoms with Crippen molar-refractivity contribution in [1.82, 2.24) is 10.6 Å². The number of rotatable bonds is 14. The summed E-state index contributed by atoms with van der Waals surface area (Å²) in [6.45, 7) is 3.86. The van der Waals surface area contributed by atoms with Crippen molar-refractivity contribution in [1.29, 1.82) is 0 Å². The minimum absolute atomic E-state index is 0.0441. The van der Waals surface area contributed by atoms with Crippen LogP contribution in [-0.2, 0) is 19.2 Å². The minimum Gasteiger partial charge on any atom is -0.480 e. The topological polar surface area (TPSA) is 159 Å². The Morgan fingerprint density at radius 3 is 1.85 bits per heavy atom. The third-order valence-electron chi connectivity index (χ3n) is 3.96. The first-order chi connectivity index (χ1) is 12.2. The van der Waals surface area contributed by atoms with E-state index in [9.17, 15) is 24.3 Å². The largest absolute Gasteiger partial charge is 0.480 e. The van der Waals surface area contributed by atoms with Crippen LogP contribution in [0.5, 0.6) is 0 Å². The molecule has 0 aliphatic carbocycles. The van der Waals surface area contributed by atoms with Gasteiger partial charge in [0.05, 0.1) is 0 Å². The number of amides is 2. The van der Waals surface area contributed by atoms with Crippen LogP contribution in [0.3, 0.4) is 0 Å². The molecular formula is C17H31N3O6. The van der Waals surface area contributed by atoms with Crippen LogP contribution in [0.1, 0.15) is 65.2 Å². The summed E-state index contributed by atoms with van der Waals surface area (Å²) in [5.74, 6) is -3.34. The van der Waals surface area contributed by atoms with Gasteiger partial charge in [-0.3, -0.25) is 14.4 Å². The van der Waals surface area contributed by atoms with Crippen LogP contribution in [0.25, 0.3) is 0 Å². The molecule has 0 radical (unpaired) electrons. The number of hydrogen-bond acceptors (Lipinski definition) is 5. The average Bonchev–Trinajstić information content (AvgIpc) is 2.59. The molecule has 0 saturated carbocycles. The summed E-state index contributed by atoms with van der Waals surface area (Å²) in [4.78, 5) is 46.3. The van der Waals surface area contributed by atoms with Crippen molar-refractivity contribution in [2.75, 3.05) is 0 Å². The van der Waals surface area contributed by atoms with E-state index >= 15 is 0 Å². The SMILES string of the molecule is CCCC[C@H](NC(=O)[C@H](CCCC)NC(=O)CC[C@H](N)C(=O)O)C(=O)O. The zero-order valence-electron chi connectivity index (χ0n) is 15.5. The van der Waals surface area contributed by atoms with Crippen LogP contribution in [0.15, 0.2) is 0 Å². The first kappa shape index (κ1) is 23.8. The fraction of sp³-hybridized carbons (Fsp3) is 0.765. The number of nitrogens with one attached hydrogen (secondary N) is 2. The summed E-state index contributed by atoms with van der Waals surface area (Å²) < 4.78 is 0. The van der Waals surface area contributed by atoms with E-state index in [1.54, 1.807) is 0 Å². The Bertz CT molecular complexity index is 483. The van der Waals surface area contributed by atoms with Gasteiger partial charge in [-0.05, 0) is 19.3 Å². The summed E-state index contributed by atoms with van der Waals surface area (Å²) in [5.41, 5.74) is 5.36. The molecule has 0 fully saturated rings. The van der Waals surface area contributed by atoms with Crippen molar-refractivity contribution in [3.63, 3.8) is 0 Å². The first-order valence-electron chi connectivity index (χ1n) is 9.03. The molecule has 0 saturated heterocycles. The highest BCUT2D eigenvalue weighted by atomic mass is 16.4. The molecule has 26 heavy (non-hydrogen) atoms. The van der Waals surface area contributed by atoms with Crippen molar-refractivity contribution >= 4 is 23.8 Å². The zero-order chi connectivity index (χ0) is 20.1. The number of carboxylic acid groups (broad SMARTS) is 2. The van der Waals surface area contributed by atoms with Gasteiger partial charge in [0.1, 0.15) is 18.1 Å². The first-order valence-corrected chi connectivity index (χ1v) is 9.03. The molecule has 0 heterocycles. The van der Waals surface area contributed by atoms with Gasteiger partial charge in [-0.2, -0.15) is 0 Å². The Morgan fingerprint density at radius 1 is 0.846 bits per heavy atom. The van der Waals surface area contributed by atoms with Gasteiger partial charge in [-0.15, -0.1) is 0 Å². The van der Waals surface area contributed by atoms with E-state index in [1.165, 1.54) is 0 Å². The molecule has 0 unspecified atom stereocenters. The highest BCUT2D eigenvalue weighted by Crippen LogP contribution is 2.06. The summed E-state index contributed by atoms with van der Waals surface area (Å²) in [6.07, 6.45) is 3.48. The Morgan fingerprint density at radius 2 is 1.38 bits per heavy atom. The summed E-state index contributed by atoms with van der Waals surface area (Å²) in [7, 11) is 0. The summed E-state index contributed by atoms with van der Waals surface area (Å²) >= 11 is 0. The number of carbonyl (C=O) groups excluding carboxylic acids is 2. The minimum atomic E-state index is -1.20. The second-order valence-corrected chi connectivity index (χ2v) is 6.29. The number of carboxylic acids is 2. The van der Waals surface area contributed by atoms with Crippen LogP contribution in [-0.4, -0.2) is 52.1 Å². The van der Waals surface area contributed by atoms with Crippen LogP contribution in [0, 0.1) is 0 Å². The fourth-order valence-electron chi connectivity index (χ4n) is 2.29. The molecule has 0 aromatic carbocycles. The van der Waals surface area contributed by atoms with Gasteiger partial charge in [0.15, 0.2) is 0 Å². The summed E-state index contributed by atoms with van der Waals surface area (Å²) in [5, 5.41) is 23.0. The smallest absolute Gasteiger partial charge is 0.326 e. The third kappa shape index (κ3) is 9.97. The second kappa shape index (κ2) is 13.1. The van der Waals surface area contributed by atoms with E-state index in [0.717, 1.165) is 12.8 Å². The Kier molecular flexibility index (Phi) is 12.0. The Labute approximate surface area is 153 Å². The quantitative estimate of drug-likeness (QED) is 0.298. The standard InChI is InChI=1S/C17H31N3O6/c1-3-5-7-12(19-14(21)10-9-11(18)16(23)24)15(22)20-13(17(25)26)8-6-4-2/h11-13H,3-10,18H2,1-2H3,(H,19,21)(H,20,22)(H,23,24)(H,25,26)/t11-,12-,13-/m0/s1. The summed E-state index contributed by atoms with van der Waals surface area (Å²) in [6, 6.07) is -3.00. The lowest BCUT2D eigenvalue weighted by Gasteiger charge is -2.21. The lowest BCUT2D eigenvalue weighted by atomic mass is 10.1. The Hall–Kier alpha value is -2.16. The van der Waals surface area contributed by atoms with Crippen LogP contribution in [0.4, 0.5) is 0 Å². The van der Waals surface area contributed by atoms with Crippen LogP contribution >= 0.6 is 0 Å². The predicted octanol–water partition coefficient (Wildman–Crippen LogP) is 0.613. The second-order valence-electron chi connectivity index (χ2n) is 6.29. The maximum absolute atomic E-state index is 12.4. The third-order valence-corrected chi connectivity index (χ3v) is 3.96. The highest BCUT2D eigenvalue weighted by Gasteiger charge is 2.26. The number of unbranched alkanes of at least 4 members (excludes halogenated alkanes) is 2. The number of carbonyl (C=O) groups is 4. The molecule has 150 valence electrons. The van der Waals surface area contributed by atoms with Crippen molar-refractivity contribution in [2.24, 2.45) is 5.73 Å². The van der Waals surface area contributed by atoms with Gasteiger partial charge in [-0.1, -0.05) is 39.5 Å². The van der Waals surface area contributed by atoms with Crippen molar-refractivity contribution in [2.45, 2.75) is 83.3 Å². The van der Waals surface area contributed by atoms with E-state index < -0.39 is 41.9 Å². The lowest BCUT2D eigenvalue weighted by molar-refractivity contribution is -0.142. The molecule has 0 aromatic rings. The molecule has 9 heteroatoms. The van der Waals surface area contributed by atoms with Gasteiger partial charge >= 0.3 is 11.9 Å². The van der Waals surface area contributed by atoms with Crippen molar-refractivity contribution < 1.29 is 29.4 Å². The molecule has 0 aliphatic heterocycles. The van der Waals surface area contributed by atoms with Gasteiger partial charge in [-0.25, -0.2) is 4.79 Å². The molecule has 2 amide bonds. The van der Waals surface area contributed by atoms with Gasteiger partial charge in [0.2, 0.25) is 11.8 Å². The molecule has 0 aromatic heterocycles. The van der Waals surface area contributed by atoms with Crippen LogP contribution in [0.2, 0.25) is 0 Å². The van der Waals surface area contributed by atoms with Crippen molar-refractivity contribution in [3.05, 3.63) is 0 Å². The Balaban J connectivity index is 4.78. The molecular weight excluding hydrogens is 342 g/mol. The van der Waals surface area contributed by atoms with E-state index in [2.05, 4.69) is 10.6 Å². The van der Waals surface area contributed by atoms with Gasteiger partial charge in [0.25, 0.3) is 0 Å². The molecule has 0 aliphatic rings. The molecule has 6 N–H and O–H groups in total. The fourth-order valence-corrected chi connectivity index (χ4v) is 2.29. The highest BCUT2D eigenvalue weighted by molar-refractivity contribution is 5.90. The van der Waals surface area contributed by atoms with E-state index in [0.29, 0.717) is 25.7 Å². The normalized spacial score (nSPS) is 14.1. The molecule has 0 rings (SSSR count). The molecule has 0 bridgehead atoms. The number of nitrogens with two attached hydrogens (primary N) is 1. The monoisotopic (exact) mass is 373 g/mol. The molecule has 0 spiro atoms. The predicted molar refractivity (Wildman–Crippen MR) is 95.4 cm³/mol. The van der Waals surface area contributed by atoms with Crippen LogP contribution < -0.4 is 16.4 Å². The maximum Gasteiger partial charge on any atom is 0.326 e. The maximum atomic E-state index is 12.4. The average molecular weight is 373 g/mol. The molecule has 3 atom stereocenters. The zero-order valence-corrected chi connectivity index (χ0v) is 15.5. The van der Waals surface area contributed by atoms with E-state index in [1.807, 2.05) is 13.8 Å². The number of aliphatic carboxylic acids is 2. The van der Waals surface area contributed by atoms with E-state index in [4.69, 9.17) is 10.8 Å². The van der Waals surface area contributed by atoms with Crippen molar-refractivity contribution in [3.8, 4) is 0 Å². The lowest BCUT2D eigenvalue weighted by Crippen LogP contribution is -2.51. The number of hydrogen-bond donors (Lipinski definition) is 5. The van der Waals surface area contributed by atoms with Gasteiger partial charge < -0.3 is 26.6 Å². The van der Waals surface area contributed by atoms with E-state index in [-0.39, 0.29) is 12.8 Å². The van der Waals surface area contributed by atoms with Gasteiger partial charge in [0, 0.05) is 6.42 Å².